The van der Waals surface area contributed by atoms with Gasteiger partial charge in [-0.3, -0.25) is 0 Å². The fourth-order valence-corrected chi connectivity index (χ4v) is 1.76. The molecule has 0 bridgehead atoms. The molecule has 0 spiro atoms. The van der Waals surface area contributed by atoms with Crippen molar-refractivity contribution in [3.8, 4) is 6.07 Å². The Balaban J connectivity index is 4.84. The molecule has 0 aliphatic heterocycles. The number of rotatable bonds is 8. The van der Waals surface area contributed by atoms with Gasteiger partial charge in [0.2, 0.25) is 0 Å². The van der Waals surface area contributed by atoms with Crippen molar-refractivity contribution in [3.63, 3.8) is 0 Å². The molecule has 0 aliphatic rings. The van der Waals surface area contributed by atoms with Gasteiger partial charge in [0.25, 0.3) is 0 Å². The lowest BCUT2D eigenvalue weighted by molar-refractivity contribution is -0.255. The highest BCUT2D eigenvalue weighted by Crippen LogP contribution is 2.32. The maximum absolute atomic E-state index is 12.6. The Bertz CT molecular complexity index is 434. The molecule has 0 saturated heterocycles. The summed E-state index contributed by atoms with van der Waals surface area (Å²) in [5, 5.41) is 18.3. The highest BCUT2D eigenvalue weighted by molar-refractivity contribution is 5.15. The zero-order chi connectivity index (χ0) is 17.4. The van der Waals surface area contributed by atoms with E-state index in [1.807, 2.05) is 26.0 Å². The monoisotopic (exact) mass is 318 g/mol. The van der Waals surface area contributed by atoms with Crippen molar-refractivity contribution >= 4 is 0 Å². The van der Waals surface area contributed by atoms with Crippen LogP contribution < -0.4 is 0 Å². The van der Waals surface area contributed by atoms with Crippen LogP contribution in [0.15, 0.2) is 23.9 Å². The van der Waals surface area contributed by atoms with Crippen LogP contribution in [0.5, 0.6) is 0 Å². The first kappa shape index (κ1) is 20.5. The maximum atomic E-state index is 12.6. The van der Waals surface area contributed by atoms with Gasteiger partial charge in [-0.25, -0.2) is 0 Å². The number of hydrogen-bond acceptors (Lipinski definition) is 3. The van der Waals surface area contributed by atoms with Gasteiger partial charge >= 0.3 is 6.18 Å². The Hall–Kier alpha value is -1.48. The van der Waals surface area contributed by atoms with Crippen molar-refractivity contribution in [3.05, 3.63) is 23.9 Å². The molecule has 2 unspecified atom stereocenters. The van der Waals surface area contributed by atoms with Crippen molar-refractivity contribution in [2.75, 3.05) is 13.6 Å². The van der Waals surface area contributed by atoms with Crippen LogP contribution in [0.25, 0.3) is 0 Å². The zero-order valence-electron chi connectivity index (χ0n) is 13.6. The predicted molar refractivity (Wildman–Crippen MR) is 80.8 cm³/mol. The summed E-state index contributed by atoms with van der Waals surface area (Å²) >= 11 is 0. The second-order valence-electron chi connectivity index (χ2n) is 5.67. The van der Waals surface area contributed by atoms with Gasteiger partial charge in [0, 0.05) is 20.0 Å². The average Bonchev–Trinajstić information content (AvgIpc) is 2.41. The van der Waals surface area contributed by atoms with E-state index in [0.717, 1.165) is 18.9 Å². The van der Waals surface area contributed by atoms with Gasteiger partial charge in [0.05, 0.1) is 12.5 Å². The van der Waals surface area contributed by atoms with Gasteiger partial charge in [0.15, 0.2) is 5.60 Å². The topological polar surface area (TPSA) is 47.3 Å². The van der Waals surface area contributed by atoms with E-state index in [0.29, 0.717) is 0 Å². The quantitative estimate of drug-likeness (QED) is 0.688. The molecule has 1 N–H and O–H groups in total. The Morgan fingerprint density at radius 2 is 2.00 bits per heavy atom. The first-order valence-corrected chi connectivity index (χ1v) is 7.28. The van der Waals surface area contributed by atoms with E-state index in [9.17, 15) is 18.3 Å². The van der Waals surface area contributed by atoms with Gasteiger partial charge in [-0.2, -0.15) is 18.4 Å². The minimum Gasteiger partial charge on any atom is -0.381 e. The highest BCUT2D eigenvalue weighted by Gasteiger charge is 2.49. The second kappa shape index (κ2) is 8.84. The molecule has 3 nitrogen and oxygen atoms in total. The van der Waals surface area contributed by atoms with E-state index < -0.39 is 18.2 Å². The molecule has 0 aliphatic carbocycles. The van der Waals surface area contributed by atoms with E-state index in [4.69, 9.17) is 5.26 Å². The van der Waals surface area contributed by atoms with Gasteiger partial charge < -0.3 is 10.0 Å². The molecule has 0 rings (SSSR count). The number of nitriles is 1. The lowest BCUT2D eigenvalue weighted by Crippen LogP contribution is -2.44. The van der Waals surface area contributed by atoms with Crippen LogP contribution in [-0.4, -0.2) is 35.4 Å². The lowest BCUT2D eigenvalue weighted by atomic mass is 9.98. The minimum absolute atomic E-state index is 0.0465. The Morgan fingerprint density at radius 1 is 1.41 bits per heavy atom. The van der Waals surface area contributed by atoms with E-state index >= 15 is 0 Å². The largest absolute Gasteiger partial charge is 0.416 e. The number of aliphatic hydroxyl groups is 1. The van der Waals surface area contributed by atoms with Crippen molar-refractivity contribution in [2.45, 2.75) is 51.8 Å². The zero-order valence-corrected chi connectivity index (χ0v) is 13.6. The molecule has 22 heavy (non-hydrogen) atoms. The smallest absolute Gasteiger partial charge is 0.381 e. The van der Waals surface area contributed by atoms with Crippen LogP contribution in [0, 0.1) is 17.2 Å². The molecule has 0 heterocycles. The molecule has 0 aromatic rings. The van der Waals surface area contributed by atoms with Crippen LogP contribution >= 0.6 is 0 Å². The highest BCUT2D eigenvalue weighted by atomic mass is 19.4. The van der Waals surface area contributed by atoms with Crippen LogP contribution in [0.3, 0.4) is 0 Å². The van der Waals surface area contributed by atoms with Gasteiger partial charge in [-0.05, 0) is 31.0 Å². The Kier molecular flexibility index (Phi) is 8.25. The summed E-state index contributed by atoms with van der Waals surface area (Å²) in [6, 6.07) is 2.07. The van der Waals surface area contributed by atoms with Crippen LogP contribution in [-0.2, 0) is 0 Å². The number of hydrogen-bond donors (Lipinski definition) is 1. The summed E-state index contributed by atoms with van der Waals surface area (Å²) in [5.74, 6) is 0.0465. The van der Waals surface area contributed by atoms with Crippen molar-refractivity contribution in [2.24, 2.45) is 5.92 Å². The number of halogens is 3. The molecule has 2 atom stereocenters. The Labute approximate surface area is 130 Å². The summed E-state index contributed by atoms with van der Waals surface area (Å²) in [6.07, 6.45) is 1.68. The molecule has 0 fully saturated rings. The standard InChI is InChI=1S/C16H25F3N2O/c1-5-6-7-13(2)14(8-10-20)12-21(4)11-9-15(3,22)16(17,18)19/h6-7,12-13,22H,5,8-9,11H2,1-4H3/b7-6+,14-12-. The van der Waals surface area contributed by atoms with Crippen LogP contribution in [0.4, 0.5) is 13.2 Å². The summed E-state index contributed by atoms with van der Waals surface area (Å²) in [5.41, 5.74) is -1.88. The SMILES string of the molecule is CC/C=C/C(C)/C(=C\N(C)CCC(C)(O)C(F)(F)F)CC#N. The fraction of sp³-hybridized carbons (Fsp3) is 0.688. The predicted octanol–water partition coefficient (Wildman–Crippen LogP) is 4.02. The maximum Gasteiger partial charge on any atom is 0.416 e. The van der Waals surface area contributed by atoms with Crippen molar-refractivity contribution < 1.29 is 18.3 Å². The van der Waals surface area contributed by atoms with Crippen LogP contribution in [0.2, 0.25) is 0 Å². The molecule has 6 heteroatoms. The third-order valence-corrected chi connectivity index (χ3v) is 3.48. The fourth-order valence-electron chi connectivity index (χ4n) is 1.76. The van der Waals surface area contributed by atoms with E-state index in [2.05, 4.69) is 6.07 Å². The normalized spacial score (nSPS) is 17.1. The van der Waals surface area contributed by atoms with E-state index in [-0.39, 0.29) is 18.9 Å². The number of nitrogens with zero attached hydrogens (tertiary/aromatic N) is 2. The molecule has 0 aromatic carbocycles. The first-order valence-electron chi connectivity index (χ1n) is 7.28. The second-order valence-corrected chi connectivity index (χ2v) is 5.67. The first-order chi connectivity index (χ1) is 10.0. The summed E-state index contributed by atoms with van der Waals surface area (Å²) < 4.78 is 37.8. The van der Waals surface area contributed by atoms with E-state index in [1.54, 1.807) is 18.1 Å². The third-order valence-electron chi connectivity index (χ3n) is 3.48. The molecular weight excluding hydrogens is 293 g/mol. The number of alkyl halides is 3. The van der Waals surface area contributed by atoms with Gasteiger partial charge in [0.1, 0.15) is 0 Å². The number of allylic oxidation sites excluding steroid dienone is 3. The molecule has 126 valence electrons. The average molecular weight is 318 g/mol. The molecule has 0 saturated carbocycles. The summed E-state index contributed by atoms with van der Waals surface area (Å²) in [6.45, 7) is 4.76. The van der Waals surface area contributed by atoms with E-state index in [1.165, 1.54) is 0 Å². The van der Waals surface area contributed by atoms with Crippen molar-refractivity contribution in [1.82, 2.24) is 4.90 Å². The van der Waals surface area contributed by atoms with Crippen molar-refractivity contribution in [1.29, 1.82) is 5.26 Å². The summed E-state index contributed by atoms with van der Waals surface area (Å²) in [7, 11) is 1.64. The molecule has 0 radical (unpaired) electrons. The van der Waals surface area contributed by atoms with Crippen LogP contribution in [0.1, 0.15) is 40.0 Å². The third kappa shape index (κ3) is 6.99. The molecular formula is C16H25F3N2O. The molecule has 0 aromatic heterocycles. The summed E-state index contributed by atoms with van der Waals surface area (Å²) in [4.78, 5) is 1.59. The Morgan fingerprint density at radius 3 is 2.45 bits per heavy atom. The minimum atomic E-state index is -4.65. The van der Waals surface area contributed by atoms with Gasteiger partial charge in [-0.1, -0.05) is 26.0 Å². The lowest BCUT2D eigenvalue weighted by Gasteiger charge is -2.28. The molecule has 0 amide bonds. The van der Waals surface area contributed by atoms with Gasteiger partial charge in [-0.15, -0.1) is 0 Å².